The molecular weight excluding hydrogens is 80.0 g/mol. The predicted molar refractivity (Wildman–Crippen MR) is 21.8 cm³/mol. The molecule has 0 bridgehead atoms. The fourth-order valence-corrected chi connectivity index (χ4v) is 0.0527. The van der Waals surface area contributed by atoms with Crippen molar-refractivity contribution in [1.82, 2.24) is 0 Å². The minimum atomic E-state index is -0.170. The average Bonchev–Trinajstić information content (AvgIpc) is 1.65. The molecular formula is C4H9O2. The van der Waals surface area contributed by atoms with E-state index in [4.69, 9.17) is 5.11 Å². The van der Waals surface area contributed by atoms with E-state index in [1.807, 2.05) is 0 Å². The van der Waals surface area contributed by atoms with Crippen LogP contribution in [0.4, 0.5) is 0 Å². The summed E-state index contributed by atoms with van der Waals surface area (Å²) >= 11 is 0. The highest BCUT2D eigenvalue weighted by molar-refractivity contribution is 4.41. The lowest BCUT2D eigenvalue weighted by Gasteiger charge is -1.95. The molecule has 0 aliphatic rings. The maximum absolute atomic E-state index is 9.70. The standard InChI is InChI=1S/C4H9O2/c1-4(2-5)3-6/h4-5H,2-3H2,1H3/t4-/m1/s1. The van der Waals surface area contributed by atoms with Gasteiger partial charge in [-0.05, 0) is 0 Å². The first-order valence-electron chi connectivity index (χ1n) is 2.00. The van der Waals surface area contributed by atoms with Gasteiger partial charge in [0.05, 0.1) is 6.61 Å². The Labute approximate surface area is 37.4 Å². The first-order chi connectivity index (χ1) is 2.81. The van der Waals surface area contributed by atoms with E-state index >= 15 is 0 Å². The second kappa shape index (κ2) is 3.12. The molecule has 0 aromatic rings. The first kappa shape index (κ1) is 5.92. The Hall–Kier alpha value is -0.0800. The number of aliphatic hydroxyl groups is 1. The zero-order valence-corrected chi connectivity index (χ0v) is 3.85. The van der Waals surface area contributed by atoms with E-state index in [0.29, 0.717) is 0 Å². The minimum Gasteiger partial charge on any atom is -0.396 e. The Balaban J connectivity index is 2.75. The van der Waals surface area contributed by atoms with Crippen molar-refractivity contribution in [1.29, 1.82) is 0 Å². The molecule has 0 aromatic carbocycles. The molecule has 0 fully saturated rings. The lowest BCUT2D eigenvalue weighted by Crippen LogP contribution is -2.03. The van der Waals surface area contributed by atoms with Gasteiger partial charge in [-0.15, -0.1) is 0 Å². The van der Waals surface area contributed by atoms with Crippen molar-refractivity contribution in [2.45, 2.75) is 6.92 Å². The van der Waals surface area contributed by atoms with Crippen molar-refractivity contribution in [3.63, 3.8) is 0 Å². The van der Waals surface area contributed by atoms with Crippen LogP contribution in [0.15, 0.2) is 0 Å². The Morgan fingerprint density at radius 2 is 2.33 bits per heavy atom. The highest BCUT2D eigenvalue weighted by atomic mass is 16.3. The van der Waals surface area contributed by atoms with Crippen molar-refractivity contribution < 1.29 is 10.2 Å². The zero-order chi connectivity index (χ0) is 4.99. The van der Waals surface area contributed by atoms with E-state index in [-0.39, 0.29) is 19.1 Å². The third-order valence-corrected chi connectivity index (χ3v) is 0.596. The van der Waals surface area contributed by atoms with Crippen LogP contribution in [-0.4, -0.2) is 18.3 Å². The molecule has 0 aliphatic heterocycles. The van der Waals surface area contributed by atoms with Crippen molar-refractivity contribution in [2.75, 3.05) is 13.2 Å². The minimum absolute atomic E-state index is 0.0174. The van der Waals surface area contributed by atoms with Gasteiger partial charge in [-0.2, -0.15) is 0 Å². The van der Waals surface area contributed by atoms with Crippen LogP contribution in [0.25, 0.3) is 0 Å². The fourth-order valence-electron chi connectivity index (χ4n) is 0.0527. The second-order valence-electron chi connectivity index (χ2n) is 1.45. The van der Waals surface area contributed by atoms with E-state index < -0.39 is 0 Å². The molecule has 2 heteroatoms. The summed E-state index contributed by atoms with van der Waals surface area (Å²) in [5, 5.41) is 17.8. The molecule has 0 rings (SSSR count). The fraction of sp³-hybridized carbons (Fsp3) is 1.00. The zero-order valence-electron chi connectivity index (χ0n) is 3.85. The van der Waals surface area contributed by atoms with E-state index in [1.165, 1.54) is 0 Å². The molecule has 0 unspecified atom stereocenters. The lowest BCUT2D eigenvalue weighted by molar-refractivity contribution is 0.111. The number of hydrogen-bond donors (Lipinski definition) is 1. The van der Waals surface area contributed by atoms with Gasteiger partial charge in [0.15, 0.2) is 0 Å². The molecule has 2 nitrogen and oxygen atoms in total. The average molecular weight is 89.1 g/mol. The van der Waals surface area contributed by atoms with Gasteiger partial charge in [0.25, 0.3) is 0 Å². The molecule has 0 amide bonds. The van der Waals surface area contributed by atoms with Crippen LogP contribution in [0.3, 0.4) is 0 Å². The van der Waals surface area contributed by atoms with Crippen LogP contribution in [0.5, 0.6) is 0 Å². The Morgan fingerprint density at radius 1 is 1.83 bits per heavy atom. The predicted octanol–water partition coefficient (Wildman–Crippen LogP) is 0.0453. The van der Waals surface area contributed by atoms with Gasteiger partial charge >= 0.3 is 0 Å². The summed E-state index contributed by atoms with van der Waals surface area (Å²) in [6, 6.07) is 0. The summed E-state index contributed by atoms with van der Waals surface area (Å²) in [5.41, 5.74) is 0. The molecule has 37 valence electrons. The summed E-state index contributed by atoms with van der Waals surface area (Å²) in [6.07, 6.45) is 0. The normalized spacial score (nSPS) is 10.0. The van der Waals surface area contributed by atoms with Crippen molar-refractivity contribution in [3.8, 4) is 0 Å². The van der Waals surface area contributed by atoms with Crippen molar-refractivity contribution in [2.24, 2.45) is 5.92 Å². The summed E-state index contributed by atoms with van der Waals surface area (Å²) in [7, 11) is 0. The van der Waals surface area contributed by atoms with Crippen LogP contribution < -0.4 is 0 Å². The van der Waals surface area contributed by atoms with Gasteiger partial charge in [-0.3, -0.25) is 0 Å². The Bertz CT molecular complexity index is 24.7. The van der Waals surface area contributed by atoms with Gasteiger partial charge < -0.3 is 5.11 Å². The quantitative estimate of drug-likeness (QED) is 0.510. The molecule has 0 heterocycles. The second-order valence-corrected chi connectivity index (χ2v) is 1.45. The largest absolute Gasteiger partial charge is 0.396 e. The van der Waals surface area contributed by atoms with Crippen LogP contribution in [0.2, 0.25) is 0 Å². The van der Waals surface area contributed by atoms with E-state index in [9.17, 15) is 5.11 Å². The number of aliphatic hydroxyl groups excluding tert-OH is 1. The third-order valence-electron chi connectivity index (χ3n) is 0.596. The molecule has 0 spiro atoms. The summed E-state index contributed by atoms with van der Waals surface area (Å²) in [4.78, 5) is 0. The highest BCUT2D eigenvalue weighted by Gasteiger charge is 1.93. The molecule has 6 heavy (non-hydrogen) atoms. The maximum Gasteiger partial charge on any atom is 0.0869 e. The van der Waals surface area contributed by atoms with Gasteiger partial charge in [-0.25, -0.2) is 5.11 Å². The lowest BCUT2D eigenvalue weighted by atomic mass is 10.2. The van der Waals surface area contributed by atoms with E-state index in [2.05, 4.69) is 0 Å². The number of hydrogen-bond acceptors (Lipinski definition) is 1. The van der Waals surface area contributed by atoms with Gasteiger partial charge in [-0.1, -0.05) is 6.92 Å². The molecule has 1 N–H and O–H groups in total. The van der Waals surface area contributed by atoms with E-state index in [0.717, 1.165) is 0 Å². The van der Waals surface area contributed by atoms with Crippen LogP contribution >= 0.6 is 0 Å². The topological polar surface area (TPSA) is 40.1 Å². The number of rotatable bonds is 2. The third kappa shape index (κ3) is 2.18. The van der Waals surface area contributed by atoms with Gasteiger partial charge in [0, 0.05) is 12.5 Å². The van der Waals surface area contributed by atoms with Crippen molar-refractivity contribution >= 4 is 0 Å². The van der Waals surface area contributed by atoms with Crippen LogP contribution in [0, 0.1) is 5.92 Å². The van der Waals surface area contributed by atoms with E-state index in [1.54, 1.807) is 6.92 Å². The smallest absolute Gasteiger partial charge is 0.0869 e. The molecule has 0 aliphatic carbocycles. The SMILES string of the molecule is C[C@@H](C[O])CO. The molecule has 1 atom stereocenters. The highest BCUT2D eigenvalue weighted by Crippen LogP contribution is 1.86. The Kier molecular flexibility index (Phi) is 3.08. The Morgan fingerprint density at radius 3 is 2.33 bits per heavy atom. The molecule has 0 aromatic heterocycles. The maximum atomic E-state index is 9.70. The molecule has 0 saturated carbocycles. The first-order valence-corrected chi connectivity index (χ1v) is 2.00. The molecule has 0 saturated heterocycles. The van der Waals surface area contributed by atoms with Crippen LogP contribution in [0.1, 0.15) is 6.92 Å². The summed E-state index contributed by atoms with van der Waals surface area (Å²) in [6.45, 7) is 1.56. The summed E-state index contributed by atoms with van der Waals surface area (Å²) in [5.74, 6) is -0.0648. The van der Waals surface area contributed by atoms with Crippen molar-refractivity contribution in [3.05, 3.63) is 0 Å². The van der Waals surface area contributed by atoms with Crippen LogP contribution in [-0.2, 0) is 5.11 Å². The monoisotopic (exact) mass is 89.1 g/mol. The summed E-state index contributed by atoms with van der Waals surface area (Å²) < 4.78 is 0. The van der Waals surface area contributed by atoms with Gasteiger partial charge in [0.2, 0.25) is 0 Å². The molecule has 1 radical (unpaired) electrons. The van der Waals surface area contributed by atoms with Gasteiger partial charge in [0.1, 0.15) is 0 Å².